The highest BCUT2D eigenvalue weighted by molar-refractivity contribution is 5.95. The highest BCUT2D eigenvalue weighted by Gasteiger charge is 2.13. The van der Waals surface area contributed by atoms with Gasteiger partial charge in [-0.15, -0.1) is 0 Å². The van der Waals surface area contributed by atoms with Crippen LogP contribution in [0.5, 0.6) is 0 Å². The van der Waals surface area contributed by atoms with Gasteiger partial charge in [0.05, 0.1) is 0 Å². The fraction of sp³-hybridized carbons (Fsp3) is 0.562. The Bertz CT molecular complexity index is 439. The van der Waals surface area contributed by atoms with E-state index >= 15 is 0 Å². The van der Waals surface area contributed by atoms with Crippen LogP contribution < -0.4 is 15.5 Å². The molecule has 1 atom stereocenters. The number of amides is 1. The average molecular weight is 275 g/mol. The quantitative estimate of drug-likeness (QED) is 0.862. The first-order valence-electron chi connectivity index (χ1n) is 7.43. The van der Waals surface area contributed by atoms with E-state index in [1.165, 1.54) is 12.8 Å². The lowest BCUT2D eigenvalue weighted by Crippen LogP contribution is -2.33. The molecule has 0 spiro atoms. The highest BCUT2D eigenvalue weighted by Crippen LogP contribution is 2.14. The molecule has 4 nitrogen and oxygen atoms in total. The Kier molecular flexibility index (Phi) is 5.41. The van der Waals surface area contributed by atoms with Crippen molar-refractivity contribution in [2.24, 2.45) is 5.92 Å². The lowest BCUT2D eigenvalue weighted by Gasteiger charge is -2.22. The van der Waals surface area contributed by atoms with E-state index in [2.05, 4.69) is 10.6 Å². The summed E-state index contributed by atoms with van der Waals surface area (Å²) in [6.45, 7) is 2.99. The zero-order valence-electron chi connectivity index (χ0n) is 12.5. The van der Waals surface area contributed by atoms with Gasteiger partial charge in [-0.05, 0) is 56.5 Å². The van der Waals surface area contributed by atoms with Crippen LogP contribution in [-0.4, -0.2) is 39.6 Å². The van der Waals surface area contributed by atoms with Gasteiger partial charge in [0, 0.05) is 31.9 Å². The molecule has 2 N–H and O–H groups in total. The fourth-order valence-corrected chi connectivity index (χ4v) is 2.59. The Morgan fingerprint density at radius 2 is 2.30 bits per heavy atom. The monoisotopic (exact) mass is 275 g/mol. The topological polar surface area (TPSA) is 44.4 Å². The minimum Gasteiger partial charge on any atom is -0.378 e. The number of anilines is 1. The van der Waals surface area contributed by atoms with Crippen LogP contribution in [0.25, 0.3) is 0 Å². The molecule has 0 saturated carbocycles. The van der Waals surface area contributed by atoms with Crippen LogP contribution in [0, 0.1) is 5.92 Å². The van der Waals surface area contributed by atoms with Crippen LogP contribution in [0.2, 0.25) is 0 Å². The van der Waals surface area contributed by atoms with E-state index in [4.69, 9.17) is 0 Å². The molecule has 1 amide bonds. The first-order valence-corrected chi connectivity index (χ1v) is 7.43. The van der Waals surface area contributed by atoms with Crippen molar-refractivity contribution in [3.63, 3.8) is 0 Å². The molecule has 1 aliphatic heterocycles. The van der Waals surface area contributed by atoms with Crippen molar-refractivity contribution >= 4 is 11.6 Å². The van der Waals surface area contributed by atoms with Gasteiger partial charge in [0.15, 0.2) is 0 Å². The Morgan fingerprint density at radius 1 is 1.45 bits per heavy atom. The minimum atomic E-state index is 0.0254. The first kappa shape index (κ1) is 14.9. The van der Waals surface area contributed by atoms with Crippen molar-refractivity contribution in [3.8, 4) is 0 Å². The molecule has 1 fully saturated rings. The molecular formula is C16H25N3O. The largest absolute Gasteiger partial charge is 0.378 e. The van der Waals surface area contributed by atoms with Crippen LogP contribution in [0.15, 0.2) is 24.3 Å². The van der Waals surface area contributed by atoms with Gasteiger partial charge in [-0.25, -0.2) is 0 Å². The molecule has 0 aliphatic carbocycles. The number of benzene rings is 1. The molecule has 0 aromatic heterocycles. The second kappa shape index (κ2) is 7.29. The van der Waals surface area contributed by atoms with Crippen molar-refractivity contribution < 1.29 is 4.79 Å². The van der Waals surface area contributed by atoms with E-state index in [0.717, 1.165) is 37.3 Å². The maximum absolute atomic E-state index is 12.1. The van der Waals surface area contributed by atoms with Gasteiger partial charge in [0.25, 0.3) is 5.91 Å². The molecule has 4 heteroatoms. The van der Waals surface area contributed by atoms with Crippen LogP contribution in [0.1, 0.15) is 29.6 Å². The number of hydrogen-bond acceptors (Lipinski definition) is 3. The lowest BCUT2D eigenvalue weighted by atomic mass is 9.96. The predicted octanol–water partition coefficient (Wildman–Crippen LogP) is 1.87. The number of nitrogens with zero attached hydrogens (tertiary/aromatic N) is 1. The molecule has 20 heavy (non-hydrogen) atoms. The van der Waals surface area contributed by atoms with Gasteiger partial charge in [-0.3, -0.25) is 4.79 Å². The summed E-state index contributed by atoms with van der Waals surface area (Å²) < 4.78 is 0. The molecule has 2 rings (SSSR count). The summed E-state index contributed by atoms with van der Waals surface area (Å²) in [5.41, 5.74) is 1.78. The normalized spacial score (nSPS) is 18.6. The van der Waals surface area contributed by atoms with Crippen molar-refractivity contribution in [2.75, 3.05) is 38.6 Å². The van der Waals surface area contributed by atoms with Crippen LogP contribution in [0.4, 0.5) is 5.69 Å². The third-order valence-electron chi connectivity index (χ3n) is 3.86. The summed E-state index contributed by atoms with van der Waals surface area (Å²) in [6, 6.07) is 7.72. The molecule has 1 aromatic rings. The average Bonchev–Trinajstić information content (AvgIpc) is 2.48. The smallest absolute Gasteiger partial charge is 0.251 e. The zero-order chi connectivity index (χ0) is 14.4. The number of carbonyl (C=O) groups is 1. The Morgan fingerprint density at radius 3 is 3.00 bits per heavy atom. The standard InChI is InChI=1S/C16H25N3O/c1-19(2)15-7-3-6-14(11-15)16(20)18-10-8-13-5-4-9-17-12-13/h3,6-7,11,13,17H,4-5,8-10,12H2,1-2H3,(H,18,20). The molecule has 0 bridgehead atoms. The Labute approximate surface area is 121 Å². The first-order chi connectivity index (χ1) is 9.66. The van der Waals surface area contributed by atoms with Crippen molar-refractivity contribution in [2.45, 2.75) is 19.3 Å². The van der Waals surface area contributed by atoms with Gasteiger partial charge in [-0.1, -0.05) is 6.07 Å². The van der Waals surface area contributed by atoms with Gasteiger partial charge >= 0.3 is 0 Å². The van der Waals surface area contributed by atoms with Crippen LogP contribution >= 0.6 is 0 Å². The summed E-state index contributed by atoms with van der Waals surface area (Å²) in [6.07, 6.45) is 3.59. The summed E-state index contributed by atoms with van der Waals surface area (Å²) >= 11 is 0. The van der Waals surface area contributed by atoms with E-state index in [9.17, 15) is 4.79 Å². The molecule has 1 unspecified atom stereocenters. The minimum absolute atomic E-state index is 0.0254. The van der Waals surface area contributed by atoms with E-state index in [1.54, 1.807) is 0 Å². The van der Waals surface area contributed by atoms with Gasteiger partial charge in [-0.2, -0.15) is 0 Å². The maximum atomic E-state index is 12.1. The van der Waals surface area contributed by atoms with Crippen LogP contribution in [0.3, 0.4) is 0 Å². The van der Waals surface area contributed by atoms with Crippen LogP contribution in [-0.2, 0) is 0 Å². The number of carbonyl (C=O) groups excluding carboxylic acids is 1. The molecule has 1 saturated heterocycles. The number of nitrogens with one attached hydrogen (secondary N) is 2. The summed E-state index contributed by atoms with van der Waals surface area (Å²) in [5, 5.41) is 6.43. The summed E-state index contributed by atoms with van der Waals surface area (Å²) in [7, 11) is 3.96. The van der Waals surface area contributed by atoms with Crippen molar-refractivity contribution in [3.05, 3.63) is 29.8 Å². The van der Waals surface area contributed by atoms with E-state index < -0.39 is 0 Å². The zero-order valence-corrected chi connectivity index (χ0v) is 12.5. The van der Waals surface area contributed by atoms with Gasteiger partial charge < -0.3 is 15.5 Å². The number of rotatable bonds is 5. The summed E-state index contributed by atoms with van der Waals surface area (Å²) in [4.78, 5) is 14.1. The second-order valence-corrected chi connectivity index (χ2v) is 5.70. The van der Waals surface area contributed by atoms with E-state index in [-0.39, 0.29) is 5.91 Å². The summed E-state index contributed by atoms with van der Waals surface area (Å²) in [5.74, 6) is 0.731. The molecule has 1 heterocycles. The van der Waals surface area contributed by atoms with Gasteiger partial charge in [0.1, 0.15) is 0 Å². The predicted molar refractivity (Wildman–Crippen MR) is 83.3 cm³/mol. The molecular weight excluding hydrogens is 250 g/mol. The Balaban J connectivity index is 1.80. The van der Waals surface area contributed by atoms with Crippen molar-refractivity contribution in [1.29, 1.82) is 0 Å². The molecule has 110 valence electrons. The fourth-order valence-electron chi connectivity index (χ4n) is 2.59. The third kappa shape index (κ3) is 4.23. The second-order valence-electron chi connectivity index (χ2n) is 5.70. The van der Waals surface area contributed by atoms with Gasteiger partial charge in [0.2, 0.25) is 0 Å². The third-order valence-corrected chi connectivity index (χ3v) is 3.86. The van der Waals surface area contributed by atoms with E-state index in [1.807, 2.05) is 43.3 Å². The number of piperidine rings is 1. The van der Waals surface area contributed by atoms with E-state index in [0.29, 0.717) is 5.92 Å². The Hall–Kier alpha value is -1.55. The highest BCUT2D eigenvalue weighted by atomic mass is 16.1. The molecule has 1 aliphatic rings. The SMILES string of the molecule is CN(C)c1cccc(C(=O)NCCC2CCCNC2)c1. The molecule has 0 radical (unpaired) electrons. The lowest BCUT2D eigenvalue weighted by molar-refractivity contribution is 0.0950. The molecule has 1 aromatic carbocycles. The maximum Gasteiger partial charge on any atom is 0.251 e. The number of hydrogen-bond donors (Lipinski definition) is 2. The van der Waals surface area contributed by atoms with Crippen molar-refractivity contribution in [1.82, 2.24) is 10.6 Å².